The normalized spacial score (nSPS) is 15.7. The maximum Gasteiger partial charge on any atom is 0.0785 e. The van der Waals surface area contributed by atoms with E-state index in [1.165, 1.54) is 39.3 Å². The third kappa shape index (κ3) is 4.72. The monoisotopic (exact) mass is 391 g/mol. The van der Waals surface area contributed by atoms with Gasteiger partial charge in [0.2, 0.25) is 0 Å². The SMILES string of the molecule is C=C/C(=C\C(C)C)c1c2c(nn1-c1c(C)cccc1C)CCN(CC(C)(C)C)C2. The van der Waals surface area contributed by atoms with Crippen LogP contribution in [-0.4, -0.2) is 27.8 Å². The molecule has 156 valence electrons. The largest absolute Gasteiger partial charge is 0.298 e. The highest BCUT2D eigenvalue weighted by Gasteiger charge is 2.29. The van der Waals surface area contributed by atoms with Crippen molar-refractivity contribution in [2.45, 2.75) is 61.4 Å². The molecule has 0 amide bonds. The van der Waals surface area contributed by atoms with Crippen LogP contribution in [0.15, 0.2) is 36.9 Å². The molecule has 1 aliphatic rings. The molecule has 2 aromatic rings. The van der Waals surface area contributed by atoms with Crippen LogP contribution in [0.5, 0.6) is 0 Å². The maximum atomic E-state index is 5.15. The topological polar surface area (TPSA) is 21.1 Å². The van der Waals surface area contributed by atoms with Crippen LogP contribution in [0, 0.1) is 25.2 Å². The first-order chi connectivity index (χ1) is 13.6. The van der Waals surface area contributed by atoms with Crippen LogP contribution < -0.4 is 0 Å². The Hall–Kier alpha value is -2.13. The summed E-state index contributed by atoms with van der Waals surface area (Å²) in [6.07, 6.45) is 5.32. The number of rotatable bonds is 5. The van der Waals surface area contributed by atoms with Gasteiger partial charge in [-0.15, -0.1) is 0 Å². The third-order valence-corrected chi connectivity index (χ3v) is 5.47. The Morgan fingerprint density at radius 1 is 1.21 bits per heavy atom. The number of hydrogen-bond acceptors (Lipinski definition) is 2. The lowest BCUT2D eigenvalue weighted by atomic mass is 9.93. The second-order valence-corrected chi connectivity index (χ2v) is 10.0. The Morgan fingerprint density at radius 3 is 2.41 bits per heavy atom. The number of para-hydroxylation sites is 1. The fraction of sp³-hybridized carbons (Fsp3) is 0.500. The number of benzene rings is 1. The van der Waals surface area contributed by atoms with E-state index in [2.05, 4.69) is 88.9 Å². The summed E-state index contributed by atoms with van der Waals surface area (Å²) in [5.41, 5.74) is 9.02. The summed E-state index contributed by atoms with van der Waals surface area (Å²) in [5.74, 6) is 0.453. The molecule has 1 aromatic carbocycles. The molecule has 0 aliphatic carbocycles. The molecule has 0 bridgehead atoms. The molecule has 0 atom stereocenters. The fourth-order valence-electron chi connectivity index (χ4n) is 4.44. The van der Waals surface area contributed by atoms with Gasteiger partial charge in [-0.1, -0.05) is 71.5 Å². The van der Waals surface area contributed by atoms with Gasteiger partial charge in [0.15, 0.2) is 0 Å². The van der Waals surface area contributed by atoms with Gasteiger partial charge in [-0.05, 0) is 41.9 Å². The van der Waals surface area contributed by atoms with E-state index in [0.29, 0.717) is 5.92 Å². The first kappa shape index (κ1) is 21.6. The number of hydrogen-bond donors (Lipinski definition) is 0. The molecule has 2 heterocycles. The molecule has 0 N–H and O–H groups in total. The zero-order valence-corrected chi connectivity index (χ0v) is 19.3. The summed E-state index contributed by atoms with van der Waals surface area (Å²) in [6.45, 7) is 23.0. The minimum Gasteiger partial charge on any atom is -0.298 e. The van der Waals surface area contributed by atoms with Gasteiger partial charge in [-0.2, -0.15) is 5.10 Å². The number of allylic oxidation sites excluding steroid dienone is 3. The molecule has 3 rings (SSSR count). The molecule has 0 saturated heterocycles. The van der Waals surface area contributed by atoms with Crippen LogP contribution in [0.3, 0.4) is 0 Å². The molecule has 1 aromatic heterocycles. The molecular weight excluding hydrogens is 354 g/mol. The first-order valence-electron chi connectivity index (χ1n) is 10.8. The van der Waals surface area contributed by atoms with Crippen molar-refractivity contribution in [1.29, 1.82) is 0 Å². The van der Waals surface area contributed by atoms with Gasteiger partial charge in [-0.3, -0.25) is 4.90 Å². The quantitative estimate of drug-likeness (QED) is 0.573. The van der Waals surface area contributed by atoms with E-state index >= 15 is 0 Å². The highest BCUT2D eigenvalue weighted by molar-refractivity contribution is 5.76. The molecule has 0 saturated carbocycles. The minimum atomic E-state index is 0.287. The van der Waals surface area contributed by atoms with Gasteiger partial charge < -0.3 is 0 Å². The molecule has 0 radical (unpaired) electrons. The van der Waals surface area contributed by atoms with Crippen LogP contribution in [-0.2, 0) is 13.0 Å². The van der Waals surface area contributed by atoms with Crippen molar-refractivity contribution in [3.63, 3.8) is 0 Å². The Balaban J connectivity index is 2.20. The summed E-state index contributed by atoms with van der Waals surface area (Å²) in [5, 5.41) is 5.15. The smallest absolute Gasteiger partial charge is 0.0785 e. The van der Waals surface area contributed by atoms with Crippen molar-refractivity contribution in [3.8, 4) is 5.69 Å². The maximum absolute atomic E-state index is 5.15. The Kier molecular flexibility index (Phi) is 6.19. The molecule has 0 unspecified atom stereocenters. The van der Waals surface area contributed by atoms with Gasteiger partial charge >= 0.3 is 0 Å². The Bertz CT molecular complexity index is 902. The second-order valence-electron chi connectivity index (χ2n) is 10.0. The molecule has 3 heteroatoms. The van der Waals surface area contributed by atoms with Crippen molar-refractivity contribution in [1.82, 2.24) is 14.7 Å². The van der Waals surface area contributed by atoms with E-state index in [0.717, 1.165) is 26.1 Å². The molecule has 1 aliphatic heterocycles. The first-order valence-corrected chi connectivity index (χ1v) is 10.8. The lowest BCUT2D eigenvalue weighted by Crippen LogP contribution is -2.36. The predicted octanol–water partition coefficient (Wildman–Crippen LogP) is 6.12. The lowest BCUT2D eigenvalue weighted by Gasteiger charge is -2.32. The average Bonchev–Trinajstić information content (AvgIpc) is 2.96. The summed E-state index contributed by atoms with van der Waals surface area (Å²) < 4.78 is 2.20. The molecular formula is C26H37N3. The van der Waals surface area contributed by atoms with Crippen LogP contribution in [0.1, 0.15) is 62.7 Å². The predicted molar refractivity (Wildman–Crippen MR) is 124 cm³/mol. The van der Waals surface area contributed by atoms with Gasteiger partial charge in [-0.25, -0.2) is 4.68 Å². The highest BCUT2D eigenvalue weighted by Crippen LogP contribution is 2.33. The molecule has 0 spiro atoms. The van der Waals surface area contributed by atoms with Crippen LogP contribution in [0.25, 0.3) is 11.3 Å². The summed E-state index contributed by atoms with van der Waals surface area (Å²) in [6, 6.07) is 6.48. The van der Waals surface area contributed by atoms with Gasteiger partial charge in [0.05, 0.1) is 17.1 Å². The standard InChI is InChI=1S/C26H37N3/c1-9-21(15-18(2)3)25-22-16-28(17-26(6,7)8)14-13-23(22)27-29(25)24-19(4)11-10-12-20(24)5/h9-12,15,18H,1,13-14,16-17H2,2-8H3/b21-15+. The van der Waals surface area contributed by atoms with Gasteiger partial charge in [0, 0.05) is 31.6 Å². The van der Waals surface area contributed by atoms with E-state index in [1.54, 1.807) is 0 Å². The van der Waals surface area contributed by atoms with Crippen molar-refractivity contribution in [2.75, 3.05) is 13.1 Å². The van der Waals surface area contributed by atoms with E-state index in [9.17, 15) is 0 Å². The van der Waals surface area contributed by atoms with Gasteiger partial charge in [0.1, 0.15) is 0 Å². The lowest BCUT2D eigenvalue weighted by molar-refractivity contribution is 0.176. The molecule has 0 fully saturated rings. The van der Waals surface area contributed by atoms with Gasteiger partial charge in [0.25, 0.3) is 0 Å². The van der Waals surface area contributed by atoms with Crippen molar-refractivity contribution in [3.05, 3.63) is 65.0 Å². The van der Waals surface area contributed by atoms with E-state index in [-0.39, 0.29) is 5.41 Å². The second kappa shape index (κ2) is 8.31. The average molecular weight is 392 g/mol. The van der Waals surface area contributed by atoms with Crippen LogP contribution in [0.2, 0.25) is 0 Å². The highest BCUT2D eigenvalue weighted by atomic mass is 15.3. The van der Waals surface area contributed by atoms with Crippen molar-refractivity contribution < 1.29 is 0 Å². The van der Waals surface area contributed by atoms with Crippen LogP contribution in [0.4, 0.5) is 0 Å². The van der Waals surface area contributed by atoms with Crippen molar-refractivity contribution in [2.24, 2.45) is 11.3 Å². The zero-order valence-electron chi connectivity index (χ0n) is 19.3. The Morgan fingerprint density at radius 2 is 1.86 bits per heavy atom. The Labute approximate surface area is 177 Å². The zero-order chi connectivity index (χ0) is 21.3. The van der Waals surface area contributed by atoms with Crippen LogP contribution >= 0.6 is 0 Å². The molecule has 3 nitrogen and oxygen atoms in total. The summed E-state index contributed by atoms with van der Waals surface area (Å²) >= 11 is 0. The number of fused-ring (bicyclic) bond motifs is 1. The third-order valence-electron chi connectivity index (χ3n) is 5.47. The minimum absolute atomic E-state index is 0.287. The number of aromatic nitrogens is 2. The van der Waals surface area contributed by atoms with E-state index in [4.69, 9.17) is 5.10 Å². The van der Waals surface area contributed by atoms with E-state index in [1.807, 2.05) is 6.08 Å². The van der Waals surface area contributed by atoms with E-state index < -0.39 is 0 Å². The summed E-state index contributed by atoms with van der Waals surface area (Å²) in [7, 11) is 0. The molecule has 29 heavy (non-hydrogen) atoms. The number of nitrogens with zero attached hydrogens (tertiary/aromatic N) is 3. The number of aryl methyl sites for hydroxylation is 2. The van der Waals surface area contributed by atoms with Crippen molar-refractivity contribution >= 4 is 5.57 Å². The fourth-order valence-corrected chi connectivity index (χ4v) is 4.44. The summed E-state index contributed by atoms with van der Waals surface area (Å²) in [4.78, 5) is 2.58.